The van der Waals surface area contributed by atoms with Gasteiger partial charge in [0.05, 0.1) is 29.3 Å². The highest BCUT2D eigenvalue weighted by Crippen LogP contribution is 2.24. The van der Waals surface area contributed by atoms with E-state index in [2.05, 4.69) is 10.3 Å². The molecule has 0 spiro atoms. The quantitative estimate of drug-likeness (QED) is 0.653. The summed E-state index contributed by atoms with van der Waals surface area (Å²) in [5, 5.41) is 3.57. The Balaban J connectivity index is 1.91. The molecule has 0 fully saturated rings. The van der Waals surface area contributed by atoms with Gasteiger partial charge in [0.1, 0.15) is 5.75 Å². The van der Waals surface area contributed by atoms with Gasteiger partial charge in [0.25, 0.3) is 0 Å². The number of amides is 1. The molecule has 5 nitrogen and oxygen atoms in total. The predicted octanol–water partition coefficient (Wildman–Crippen LogP) is 2.40. The number of hydrogen-bond donors (Lipinski definition) is 2. The highest BCUT2D eigenvalue weighted by molar-refractivity contribution is 7.99. The molecule has 0 atom stereocenters. The van der Waals surface area contributed by atoms with Gasteiger partial charge in [-0.2, -0.15) is 0 Å². The predicted molar refractivity (Wildman–Crippen MR) is 81.0 cm³/mol. The molecule has 0 saturated heterocycles. The summed E-state index contributed by atoms with van der Waals surface area (Å²) in [6, 6.07) is 10.7. The molecule has 0 radical (unpaired) electrons. The Hall–Kier alpha value is -2.21. The average Bonchev–Trinajstić information content (AvgIpc) is 2.48. The van der Waals surface area contributed by atoms with Crippen molar-refractivity contribution >= 4 is 29.0 Å². The number of rotatable bonds is 5. The zero-order chi connectivity index (χ0) is 14.4. The number of ether oxygens (including phenoxy) is 1. The van der Waals surface area contributed by atoms with Gasteiger partial charge in [0, 0.05) is 12.3 Å². The van der Waals surface area contributed by atoms with E-state index in [1.807, 2.05) is 18.2 Å². The van der Waals surface area contributed by atoms with Gasteiger partial charge < -0.3 is 15.8 Å². The fraction of sp³-hybridized carbons (Fsp3) is 0.143. The number of methoxy groups -OCH3 is 1. The minimum absolute atomic E-state index is 0.127. The van der Waals surface area contributed by atoms with Gasteiger partial charge >= 0.3 is 0 Å². The number of aromatic nitrogens is 1. The Morgan fingerprint density at radius 2 is 2.25 bits per heavy atom. The third-order valence-corrected chi connectivity index (χ3v) is 3.47. The Kier molecular flexibility index (Phi) is 4.84. The van der Waals surface area contributed by atoms with Crippen LogP contribution in [-0.4, -0.2) is 23.8 Å². The second-order valence-corrected chi connectivity index (χ2v) is 4.95. The van der Waals surface area contributed by atoms with E-state index in [1.165, 1.54) is 11.8 Å². The molecule has 20 heavy (non-hydrogen) atoms. The number of hydrogen-bond acceptors (Lipinski definition) is 5. The van der Waals surface area contributed by atoms with Crippen molar-refractivity contribution < 1.29 is 9.53 Å². The summed E-state index contributed by atoms with van der Waals surface area (Å²) in [7, 11) is 1.57. The first-order valence-electron chi connectivity index (χ1n) is 5.96. The summed E-state index contributed by atoms with van der Waals surface area (Å²) in [5.41, 5.74) is 6.89. The van der Waals surface area contributed by atoms with Gasteiger partial charge in [-0.1, -0.05) is 17.8 Å². The summed E-state index contributed by atoms with van der Waals surface area (Å²) < 4.78 is 5.06. The number of nitrogens with zero attached hydrogens (tertiary/aromatic N) is 1. The molecule has 0 saturated carbocycles. The van der Waals surface area contributed by atoms with Crippen LogP contribution in [0.15, 0.2) is 47.6 Å². The van der Waals surface area contributed by atoms with E-state index < -0.39 is 0 Å². The lowest BCUT2D eigenvalue weighted by Crippen LogP contribution is -2.15. The van der Waals surface area contributed by atoms with Crippen LogP contribution in [0.5, 0.6) is 5.75 Å². The number of nitrogen functional groups attached to an aromatic ring is 1. The standard InChI is InChI=1S/C14H15N3O2S/c1-19-10-5-6-12(11(15)8-10)17-13(18)9-20-14-4-2-3-7-16-14/h2-8H,9,15H2,1H3,(H,17,18). The van der Waals surface area contributed by atoms with Crippen molar-refractivity contribution in [3.8, 4) is 5.75 Å². The van der Waals surface area contributed by atoms with Gasteiger partial charge in [-0.25, -0.2) is 4.98 Å². The molecule has 6 heteroatoms. The lowest BCUT2D eigenvalue weighted by Gasteiger charge is -2.09. The van der Waals surface area contributed by atoms with Gasteiger partial charge in [-0.3, -0.25) is 4.79 Å². The summed E-state index contributed by atoms with van der Waals surface area (Å²) >= 11 is 1.37. The van der Waals surface area contributed by atoms with Crippen molar-refractivity contribution in [2.45, 2.75) is 5.03 Å². The van der Waals surface area contributed by atoms with Crippen molar-refractivity contribution in [1.29, 1.82) is 0 Å². The minimum atomic E-state index is -0.127. The number of thioether (sulfide) groups is 1. The van der Waals surface area contributed by atoms with Crippen molar-refractivity contribution in [3.63, 3.8) is 0 Å². The summed E-state index contributed by atoms with van der Waals surface area (Å²) in [5.74, 6) is 0.809. The lowest BCUT2D eigenvalue weighted by atomic mass is 10.2. The van der Waals surface area contributed by atoms with E-state index in [9.17, 15) is 4.79 Å². The third kappa shape index (κ3) is 3.89. The van der Waals surface area contributed by atoms with Crippen molar-refractivity contribution in [2.75, 3.05) is 23.9 Å². The maximum atomic E-state index is 11.8. The number of nitrogens with one attached hydrogen (secondary N) is 1. The summed E-state index contributed by atoms with van der Waals surface area (Å²) in [6.45, 7) is 0. The van der Waals surface area contributed by atoms with E-state index in [0.717, 1.165) is 5.03 Å². The molecule has 1 aromatic heterocycles. The van der Waals surface area contributed by atoms with Gasteiger partial charge in [0.15, 0.2) is 0 Å². The maximum Gasteiger partial charge on any atom is 0.234 e. The van der Waals surface area contributed by atoms with E-state index in [-0.39, 0.29) is 11.7 Å². The zero-order valence-corrected chi connectivity index (χ0v) is 11.8. The van der Waals surface area contributed by atoms with E-state index in [4.69, 9.17) is 10.5 Å². The molecule has 0 aliphatic heterocycles. The number of benzene rings is 1. The average molecular weight is 289 g/mol. The molecule has 0 bridgehead atoms. The number of nitrogens with two attached hydrogens (primary N) is 1. The van der Waals surface area contributed by atoms with Crippen molar-refractivity contribution in [3.05, 3.63) is 42.6 Å². The molecule has 3 N–H and O–H groups in total. The third-order valence-electron chi connectivity index (χ3n) is 2.52. The van der Waals surface area contributed by atoms with Crippen LogP contribution in [-0.2, 0) is 4.79 Å². The fourth-order valence-electron chi connectivity index (χ4n) is 1.54. The zero-order valence-electron chi connectivity index (χ0n) is 11.0. The topological polar surface area (TPSA) is 77.2 Å². The number of anilines is 2. The second kappa shape index (κ2) is 6.81. The molecule has 2 rings (SSSR count). The number of carbonyl (C=O) groups excluding carboxylic acids is 1. The molecular weight excluding hydrogens is 274 g/mol. The van der Waals surface area contributed by atoms with Crippen LogP contribution in [0.25, 0.3) is 0 Å². The molecule has 104 valence electrons. The molecule has 1 amide bonds. The van der Waals surface area contributed by atoms with Gasteiger partial charge in [0.2, 0.25) is 5.91 Å². The lowest BCUT2D eigenvalue weighted by molar-refractivity contribution is -0.113. The maximum absolute atomic E-state index is 11.8. The van der Waals surface area contributed by atoms with Crippen molar-refractivity contribution in [1.82, 2.24) is 4.98 Å². The van der Waals surface area contributed by atoms with Crippen molar-refractivity contribution in [2.24, 2.45) is 0 Å². The van der Waals surface area contributed by atoms with Crippen LogP contribution in [0.2, 0.25) is 0 Å². The molecule has 1 aromatic carbocycles. The monoisotopic (exact) mass is 289 g/mol. The normalized spacial score (nSPS) is 10.1. The molecule has 0 aliphatic rings. The summed E-state index contributed by atoms with van der Waals surface area (Å²) in [6.07, 6.45) is 1.70. The first kappa shape index (κ1) is 14.2. The van der Waals surface area contributed by atoms with Crippen LogP contribution in [0.4, 0.5) is 11.4 Å². The second-order valence-electron chi connectivity index (χ2n) is 3.96. The van der Waals surface area contributed by atoms with Crippen LogP contribution >= 0.6 is 11.8 Å². The van der Waals surface area contributed by atoms with Crippen LogP contribution in [0, 0.1) is 0 Å². The number of pyridine rings is 1. The highest BCUT2D eigenvalue weighted by atomic mass is 32.2. The Bertz CT molecular complexity index is 590. The first-order valence-corrected chi connectivity index (χ1v) is 6.95. The van der Waals surface area contributed by atoms with E-state index in [0.29, 0.717) is 17.1 Å². The van der Waals surface area contributed by atoms with E-state index >= 15 is 0 Å². The van der Waals surface area contributed by atoms with Crippen LogP contribution in [0.3, 0.4) is 0 Å². The number of carbonyl (C=O) groups is 1. The van der Waals surface area contributed by atoms with Gasteiger partial charge in [-0.15, -0.1) is 0 Å². The largest absolute Gasteiger partial charge is 0.497 e. The minimum Gasteiger partial charge on any atom is -0.497 e. The fourth-order valence-corrected chi connectivity index (χ4v) is 2.20. The van der Waals surface area contributed by atoms with E-state index in [1.54, 1.807) is 31.5 Å². The Morgan fingerprint density at radius 3 is 2.90 bits per heavy atom. The first-order chi connectivity index (χ1) is 9.69. The Morgan fingerprint density at radius 1 is 1.40 bits per heavy atom. The van der Waals surface area contributed by atoms with Crippen LogP contribution in [0.1, 0.15) is 0 Å². The van der Waals surface area contributed by atoms with Gasteiger partial charge in [-0.05, 0) is 24.3 Å². The molecule has 1 heterocycles. The smallest absolute Gasteiger partial charge is 0.234 e. The highest BCUT2D eigenvalue weighted by Gasteiger charge is 2.07. The molecule has 0 unspecified atom stereocenters. The molecule has 0 aliphatic carbocycles. The summed E-state index contributed by atoms with van der Waals surface area (Å²) in [4.78, 5) is 16.0. The SMILES string of the molecule is COc1ccc(NC(=O)CSc2ccccn2)c(N)c1. The Labute approximate surface area is 121 Å². The van der Waals surface area contributed by atoms with Crippen LogP contribution < -0.4 is 15.8 Å². The molecular formula is C14H15N3O2S. The molecule has 2 aromatic rings.